The van der Waals surface area contributed by atoms with Crippen LogP contribution < -0.4 is 9.04 Å². The largest absolute Gasteiger partial charge is 0.487 e. The number of benzene rings is 2. The molecule has 0 fully saturated rings. The zero-order chi connectivity index (χ0) is 24.3. The molecule has 1 aliphatic rings. The first-order valence-electron chi connectivity index (χ1n) is 11.3. The fourth-order valence-electron chi connectivity index (χ4n) is 4.05. The molecule has 0 saturated carbocycles. The summed E-state index contributed by atoms with van der Waals surface area (Å²) in [4.78, 5) is 15.2. The number of thiazole rings is 1. The summed E-state index contributed by atoms with van der Waals surface area (Å²) < 4.78 is 34.9. The van der Waals surface area contributed by atoms with Gasteiger partial charge in [0.2, 0.25) is 4.34 Å². The van der Waals surface area contributed by atoms with E-state index in [1.54, 1.807) is 17.5 Å². The highest BCUT2D eigenvalue weighted by atomic mass is 32.2. The van der Waals surface area contributed by atoms with Crippen LogP contribution in [0, 0.1) is 5.92 Å². The first-order valence-corrected chi connectivity index (χ1v) is 13.6. The van der Waals surface area contributed by atoms with Crippen molar-refractivity contribution in [3.05, 3.63) is 70.2 Å². The third kappa shape index (κ3) is 5.26. The van der Waals surface area contributed by atoms with Crippen molar-refractivity contribution in [2.45, 2.75) is 50.5 Å². The predicted octanol–water partition coefficient (Wildman–Crippen LogP) is 5.15. The average Bonchev–Trinajstić information content (AvgIpc) is 3.37. The molecule has 4 rings (SSSR count). The summed E-state index contributed by atoms with van der Waals surface area (Å²) in [6.07, 6.45) is 5.51. The number of sulfonamides is 1. The summed E-state index contributed by atoms with van der Waals surface area (Å²) in [5.74, 6) is -0.396. The zero-order valence-electron chi connectivity index (χ0n) is 19.2. The van der Waals surface area contributed by atoms with Gasteiger partial charge in [-0.15, -0.1) is 11.3 Å². The summed E-state index contributed by atoms with van der Waals surface area (Å²) in [5, 5.41) is 10.8. The van der Waals surface area contributed by atoms with E-state index in [1.807, 2.05) is 26.0 Å². The Hall–Kier alpha value is -2.91. The Kier molecular flexibility index (Phi) is 7.23. The highest BCUT2D eigenvalue weighted by Crippen LogP contribution is 2.39. The van der Waals surface area contributed by atoms with Gasteiger partial charge in [-0.25, -0.2) is 9.78 Å². The summed E-state index contributed by atoms with van der Waals surface area (Å²) in [5.41, 5.74) is 3.86. The van der Waals surface area contributed by atoms with Crippen LogP contribution in [0.25, 0.3) is 0 Å². The van der Waals surface area contributed by atoms with Gasteiger partial charge in [-0.3, -0.25) is 4.31 Å². The molecule has 0 spiro atoms. The second-order valence-electron chi connectivity index (χ2n) is 8.81. The summed E-state index contributed by atoms with van der Waals surface area (Å²) in [6.45, 7) is 4.45. The maximum Gasteiger partial charge on any atom is 0.335 e. The van der Waals surface area contributed by atoms with E-state index in [9.17, 15) is 13.2 Å². The SMILES string of the molecule is CC(C)CN(c1cc2c(cc1OCc1ccc(C(=O)O)cc1)CCCC2)S(=O)(=O)c1nccs1. The van der Waals surface area contributed by atoms with Crippen molar-refractivity contribution in [2.75, 3.05) is 10.8 Å². The van der Waals surface area contributed by atoms with Crippen LogP contribution in [0.1, 0.15) is 53.7 Å². The molecular weight excluding hydrogens is 472 g/mol. The molecule has 1 heterocycles. The van der Waals surface area contributed by atoms with Crippen LogP contribution in [-0.4, -0.2) is 31.0 Å². The van der Waals surface area contributed by atoms with Gasteiger partial charge in [0.25, 0.3) is 10.0 Å². The van der Waals surface area contributed by atoms with Crippen LogP contribution in [0.3, 0.4) is 0 Å². The number of nitrogens with zero attached hydrogens (tertiary/aromatic N) is 2. The molecular formula is C25H28N2O5S2. The number of anilines is 1. The summed E-state index contributed by atoms with van der Waals surface area (Å²) in [6, 6.07) is 10.4. The van der Waals surface area contributed by atoms with E-state index in [0.717, 1.165) is 48.1 Å². The van der Waals surface area contributed by atoms with Crippen LogP contribution in [0.5, 0.6) is 5.75 Å². The zero-order valence-corrected chi connectivity index (χ0v) is 20.9. The molecule has 180 valence electrons. The van der Waals surface area contributed by atoms with E-state index < -0.39 is 16.0 Å². The molecule has 1 aromatic heterocycles. The van der Waals surface area contributed by atoms with Gasteiger partial charge in [0.15, 0.2) is 0 Å². The van der Waals surface area contributed by atoms with Crippen molar-refractivity contribution in [3.8, 4) is 5.75 Å². The van der Waals surface area contributed by atoms with E-state index in [2.05, 4.69) is 4.98 Å². The Balaban J connectivity index is 1.74. The van der Waals surface area contributed by atoms with Crippen molar-refractivity contribution >= 4 is 33.0 Å². The van der Waals surface area contributed by atoms with E-state index in [0.29, 0.717) is 18.0 Å². The lowest BCUT2D eigenvalue weighted by molar-refractivity contribution is 0.0697. The molecule has 0 saturated heterocycles. The van der Waals surface area contributed by atoms with Crippen molar-refractivity contribution in [3.63, 3.8) is 0 Å². The highest BCUT2D eigenvalue weighted by Gasteiger charge is 2.31. The Morgan fingerprint density at radius 2 is 1.82 bits per heavy atom. The molecule has 34 heavy (non-hydrogen) atoms. The van der Waals surface area contributed by atoms with Gasteiger partial charge in [-0.1, -0.05) is 26.0 Å². The van der Waals surface area contributed by atoms with E-state index in [-0.39, 0.29) is 22.4 Å². The minimum absolute atomic E-state index is 0.0566. The molecule has 1 aliphatic carbocycles. The highest BCUT2D eigenvalue weighted by molar-refractivity contribution is 7.94. The molecule has 0 bridgehead atoms. The number of hydrogen-bond donors (Lipinski definition) is 1. The number of aryl methyl sites for hydroxylation is 2. The molecule has 3 aromatic rings. The number of aromatic carboxylic acids is 1. The van der Waals surface area contributed by atoms with Crippen LogP contribution >= 0.6 is 11.3 Å². The lowest BCUT2D eigenvalue weighted by Gasteiger charge is -2.29. The lowest BCUT2D eigenvalue weighted by atomic mass is 9.91. The van der Waals surface area contributed by atoms with Crippen LogP contribution in [0.4, 0.5) is 5.69 Å². The van der Waals surface area contributed by atoms with E-state index in [1.165, 1.54) is 28.2 Å². The molecule has 0 amide bonds. The lowest BCUT2D eigenvalue weighted by Crippen LogP contribution is -2.35. The molecule has 0 unspecified atom stereocenters. The topological polar surface area (TPSA) is 96.8 Å². The van der Waals surface area contributed by atoms with Gasteiger partial charge in [0.1, 0.15) is 12.4 Å². The van der Waals surface area contributed by atoms with E-state index in [4.69, 9.17) is 9.84 Å². The second kappa shape index (κ2) is 10.1. The number of ether oxygens (including phenoxy) is 1. The second-order valence-corrected chi connectivity index (χ2v) is 11.7. The Morgan fingerprint density at radius 3 is 2.41 bits per heavy atom. The number of carbonyl (C=O) groups is 1. The third-order valence-corrected chi connectivity index (χ3v) is 8.70. The first kappa shape index (κ1) is 24.2. The average molecular weight is 501 g/mol. The summed E-state index contributed by atoms with van der Waals surface area (Å²) >= 11 is 1.10. The standard InChI is InChI=1S/C25H28N2O5S2/c1-17(2)15-27(34(30,31)25-26-11-12-33-25)22-13-20-5-3-4-6-21(20)14-23(22)32-16-18-7-9-19(10-8-18)24(28)29/h7-14,17H,3-6,15-16H2,1-2H3,(H,28,29). The number of carboxylic acids is 1. The number of hydrogen-bond acceptors (Lipinski definition) is 6. The van der Waals surface area contributed by atoms with Gasteiger partial charge in [0, 0.05) is 18.1 Å². The Morgan fingerprint density at radius 1 is 1.15 bits per heavy atom. The van der Waals surface area contributed by atoms with Crippen molar-refractivity contribution in [1.82, 2.24) is 4.98 Å². The van der Waals surface area contributed by atoms with Crippen molar-refractivity contribution in [2.24, 2.45) is 5.92 Å². The molecule has 9 heteroatoms. The van der Waals surface area contributed by atoms with Gasteiger partial charge < -0.3 is 9.84 Å². The quantitative estimate of drug-likeness (QED) is 0.436. The fraction of sp³-hybridized carbons (Fsp3) is 0.360. The summed E-state index contributed by atoms with van der Waals surface area (Å²) in [7, 11) is -3.86. The van der Waals surface area contributed by atoms with Gasteiger partial charge in [-0.2, -0.15) is 8.42 Å². The molecule has 1 N–H and O–H groups in total. The van der Waals surface area contributed by atoms with E-state index >= 15 is 0 Å². The molecule has 7 nitrogen and oxygen atoms in total. The third-order valence-electron chi connectivity index (χ3n) is 5.74. The van der Waals surface area contributed by atoms with Gasteiger partial charge >= 0.3 is 5.97 Å². The molecule has 2 aromatic carbocycles. The normalized spacial score (nSPS) is 13.5. The van der Waals surface area contributed by atoms with Crippen molar-refractivity contribution < 1.29 is 23.1 Å². The molecule has 0 atom stereocenters. The van der Waals surface area contributed by atoms with Gasteiger partial charge in [0.05, 0.1) is 11.3 Å². The minimum Gasteiger partial charge on any atom is -0.487 e. The van der Waals surface area contributed by atoms with Gasteiger partial charge in [-0.05, 0) is 72.6 Å². The number of carboxylic acid groups (broad SMARTS) is 1. The van der Waals surface area contributed by atoms with Crippen LogP contribution in [-0.2, 0) is 29.5 Å². The maximum atomic E-state index is 13.6. The predicted molar refractivity (Wildman–Crippen MR) is 132 cm³/mol. The smallest absolute Gasteiger partial charge is 0.335 e. The number of aromatic nitrogens is 1. The Bertz CT molecular complexity index is 1250. The van der Waals surface area contributed by atoms with Crippen LogP contribution in [0.15, 0.2) is 52.3 Å². The number of rotatable bonds is 9. The fourth-order valence-corrected chi connectivity index (χ4v) is 6.62. The van der Waals surface area contributed by atoms with Crippen LogP contribution in [0.2, 0.25) is 0 Å². The monoisotopic (exact) mass is 500 g/mol. The molecule has 0 radical (unpaired) electrons. The molecule has 0 aliphatic heterocycles. The first-order chi connectivity index (χ1) is 16.3. The maximum absolute atomic E-state index is 13.6. The van der Waals surface area contributed by atoms with Crippen molar-refractivity contribution in [1.29, 1.82) is 0 Å². The number of fused-ring (bicyclic) bond motifs is 1. The Labute approximate surface area is 204 Å². The minimum atomic E-state index is -3.86.